The molecule has 0 saturated heterocycles. The van der Waals surface area contributed by atoms with Gasteiger partial charge in [-0.25, -0.2) is 4.79 Å². The first-order valence-electron chi connectivity index (χ1n) is 6.12. The van der Waals surface area contributed by atoms with Crippen LogP contribution in [0.25, 0.3) is 0 Å². The largest absolute Gasteiger partial charge is 0.454 e. The Morgan fingerprint density at radius 1 is 1.47 bits per heavy atom. The first-order chi connectivity index (χ1) is 7.89. The monoisotopic (exact) mass is 234 g/mol. The molecule has 0 bridgehead atoms. The van der Waals surface area contributed by atoms with Crippen LogP contribution >= 0.6 is 0 Å². The third-order valence-electron chi connectivity index (χ3n) is 3.46. The van der Waals surface area contributed by atoms with Crippen molar-refractivity contribution in [3.63, 3.8) is 0 Å². The van der Waals surface area contributed by atoms with E-state index in [9.17, 15) is 10.1 Å². The van der Waals surface area contributed by atoms with E-state index < -0.39 is 5.54 Å². The van der Waals surface area contributed by atoms with Crippen molar-refractivity contribution in [2.45, 2.75) is 58.1 Å². The number of aliphatic imine (C=N–C) groups is 1. The van der Waals surface area contributed by atoms with Crippen LogP contribution in [-0.2, 0) is 9.53 Å². The maximum absolute atomic E-state index is 11.9. The van der Waals surface area contributed by atoms with Crippen LogP contribution in [0.2, 0.25) is 0 Å². The second-order valence-corrected chi connectivity index (χ2v) is 5.89. The Morgan fingerprint density at radius 2 is 2.18 bits per heavy atom. The van der Waals surface area contributed by atoms with Crippen LogP contribution in [-0.4, -0.2) is 23.3 Å². The zero-order valence-electron chi connectivity index (χ0n) is 10.6. The highest BCUT2D eigenvalue weighted by Gasteiger charge is 2.49. The van der Waals surface area contributed by atoms with E-state index in [1.807, 2.05) is 20.8 Å². The molecular formula is C13H18N2O2. The minimum absolute atomic E-state index is 0.347. The molecule has 17 heavy (non-hydrogen) atoms. The summed E-state index contributed by atoms with van der Waals surface area (Å²) in [5, 5.41) is 9.40. The number of nitrogens with zero attached hydrogens (tertiary/aromatic N) is 2. The first kappa shape index (κ1) is 12.1. The molecule has 4 heteroatoms. The molecule has 2 rings (SSSR count). The highest BCUT2D eigenvalue weighted by Crippen LogP contribution is 2.38. The molecule has 0 aromatic heterocycles. The third-order valence-corrected chi connectivity index (χ3v) is 3.46. The summed E-state index contributed by atoms with van der Waals surface area (Å²) in [5.74, 6) is -0.352. The van der Waals surface area contributed by atoms with Crippen molar-refractivity contribution in [3.8, 4) is 6.07 Å². The van der Waals surface area contributed by atoms with Crippen molar-refractivity contribution >= 4 is 11.7 Å². The molecule has 2 aliphatic rings. The van der Waals surface area contributed by atoms with E-state index in [2.05, 4.69) is 11.1 Å². The zero-order valence-corrected chi connectivity index (χ0v) is 10.6. The number of hydrogen-bond acceptors (Lipinski definition) is 4. The van der Waals surface area contributed by atoms with Crippen LogP contribution in [0.4, 0.5) is 0 Å². The predicted molar refractivity (Wildman–Crippen MR) is 63.6 cm³/mol. The molecule has 2 atom stereocenters. The lowest BCUT2D eigenvalue weighted by Crippen LogP contribution is -2.52. The van der Waals surface area contributed by atoms with Crippen LogP contribution in [0, 0.1) is 16.7 Å². The van der Waals surface area contributed by atoms with Crippen molar-refractivity contribution < 1.29 is 9.53 Å². The summed E-state index contributed by atoms with van der Waals surface area (Å²) in [6, 6.07) is 2.28. The van der Waals surface area contributed by atoms with E-state index >= 15 is 0 Å². The molecule has 0 radical (unpaired) electrons. The van der Waals surface area contributed by atoms with Gasteiger partial charge < -0.3 is 4.74 Å². The molecule has 1 saturated carbocycles. The summed E-state index contributed by atoms with van der Waals surface area (Å²) >= 11 is 0. The summed E-state index contributed by atoms with van der Waals surface area (Å²) in [7, 11) is 0. The van der Waals surface area contributed by atoms with Crippen LogP contribution < -0.4 is 0 Å². The van der Waals surface area contributed by atoms with Gasteiger partial charge in [-0.15, -0.1) is 0 Å². The highest BCUT2D eigenvalue weighted by molar-refractivity contribution is 6.38. The van der Waals surface area contributed by atoms with Gasteiger partial charge in [-0.05, 0) is 25.7 Å². The van der Waals surface area contributed by atoms with Crippen LogP contribution in [0.3, 0.4) is 0 Å². The second-order valence-electron chi connectivity index (χ2n) is 5.89. The molecule has 0 N–H and O–H groups in total. The molecule has 0 amide bonds. The Bertz CT molecular complexity index is 414. The van der Waals surface area contributed by atoms with E-state index in [1.54, 1.807) is 0 Å². The zero-order chi connectivity index (χ0) is 12.7. The first-order valence-corrected chi connectivity index (χ1v) is 6.12. The molecule has 0 spiro atoms. The number of esters is 1. The quantitative estimate of drug-likeness (QED) is 0.604. The Hall–Kier alpha value is -1.37. The number of rotatable bonds is 0. The topological polar surface area (TPSA) is 62.4 Å². The highest BCUT2D eigenvalue weighted by atomic mass is 16.5. The Morgan fingerprint density at radius 3 is 2.76 bits per heavy atom. The van der Waals surface area contributed by atoms with Gasteiger partial charge in [-0.2, -0.15) is 5.26 Å². The molecule has 1 aliphatic heterocycles. The summed E-state index contributed by atoms with van der Waals surface area (Å²) in [6.45, 7) is 5.75. The van der Waals surface area contributed by atoms with E-state index in [4.69, 9.17) is 4.74 Å². The second kappa shape index (κ2) is 3.83. The smallest absolute Gasteiger partial charge is 0.353 e. The van der Waals surface area contributed by atoms with Gasteiger partial charge in [-0.1, -0.05) is 20.8 Å². The Balaban J connectivity index is 2.46. The number of nitriles is 1. The van der Waals surface area contributed by atoms with Crippen molar-refractivity contribution in [3.05, 3.63) is 0 Å². The summed E-state index contributed by atoms with van der Waals surface area (Å²) in [6.07, 6.45) is 3.07. The lowest BCUT2D eigenvalue weighted by Gasteiger charge is -2.40. The summed E-state index contributed by atoms with van der Waals surface area (Å²) in [4.78, 5) is 16.4. The van der Waals surface area contributed by atoms with E-state index in [0.29, 0.717) is 12.1 Å². The Labute approximate surface area is 102 Å². The molecule has 4 nitrogen and oxygen atoms in total. The molecular weight excluding hydrogens is 216 g/mol. The fraction of sp³-hybridized carbons (Fsp3) is 0.769. The maximum Gasteiger partial charge on any atom is 0.353 e. The number of ether oxygens (including phenoxy) is 1. The van der Waals surface area contributed by atoms with Gasteiger partial charge in [0.2, 0.25) is 0 Å². The average Bonchev–Trinajstić information content (AvgIpc) is 2.27. The molecule has 1 fully saturated rings. The predicted octanol–water partition coefficient (Wildman–Crippen LogP) is 2.24. The van der Waals surface area contributed by atoms with E-state index in [0.717, 1.165) is 19.3 Å². The van der Waals surface area contributed by atoms with Gasteiger partial charge in [0.25, 0.3) is 0 Å². The molecule has 92 valence electrons. The van der Waals surface area contributed by atoms with Gasteiger partial charge in [0, 0.05) is 5.41 Å². The van der Waals surface area contributed by atoms with Gasteiger partial charge in [0.1, 0.15) is 11.8 Å². The Kier molecular flexibility index (Phi) is 2.73. The van der Waals surface area contributed by atoms with Gasteiger partial charge >= 0.3 is 5.97 Å². The van der Waals surface area contributed by atoms with Crippen LogP contribution in [0.1, 0.15) is 46.5 Å². The number of hydrogen-bond donors (Lipinski definition) is 0. The van der Waals surface area contributed by atoms with E-state index in [-0.39, 0.29) is 17.5 Å². The van der Waals surface area contributed by atoms with E-state index in [1.165, 1.54) is 0 Å². The number of fused-ring (bicyclic) bond motifs is 1. The molecule has 0 aromatic carbocycles. The maximum atomic E-state index is 11.9. The number of carbonyl (C=O) groups is 1. The summed E-state index contributed by atoms with van der Waals surface area (Å²) < 4.78 is 5.43. The normalized spacial score (nSPS) is 33.2. The third kappa shape index (κ3) is 1.95. The van der Waals surface area contributed by atoms with Gasteiger partial charge in [-0.3, -0.25) is 4.99 Å². The molecule has 1 aliphatic carbocycles. The van der Waals surface area contributed by atoms with Crippen LogP contribution in [0.15, 0.2) is 4.99 Å². The van der Waals surface area contributed by atoms with Gasteiger partial charge in [0.05, 0.1) is 6.07 Å². The average molecular weight is 234 g/mol. The van der Waals surface area contributed by atoms with Gasteiger partial charge in [0.15, 0.2) is 5.54 Å². The fourth-order valence-electron chi connectivity index (χ4n) is 2.47. The van der Waals surface area contributed by atoms with Crippen LogP contribution in [0.5, 0.6) is 0 Å². The molecule has 0 unspecified atom stereocenters. The lowest BCUT2D eigenvalue weighted by molar-refractivity contribution is -0.147. The van der Waals surface area contributed by atoms with Crippen molar-refractivity contribution in [2.75, 3.05) is 0 Å². The fourth-order valence-corrected chi connectivity index (χ4v) is 2.47. The SMILES string of the molecule is CC(C)(C)C1=N[C@]2(C#N)CCCC[C@H]2OC1=O. The van der Waals surface area contributed by atoms with Crippen molar-refractivity contribution in [1.29, 1.82) is 5.26 Å². The minimum atomic E-state index is -0.825. The summed E-state index contributed by atoms with van der Waals surface area (Å²) in [5.41, 5.74) is -0.796. The standard InChI is InChI=1S/C13H18N2O2/c1-12(2,3)10-11(16)17-9-6-4-5-7-13(9,8-14)15-10/h9H,4-7H2,1-3H3/t9-,13+/m1/s1. The molecule has 1 heterocycles. The molecule has 0 aromatic rings. The number of carbonyl (C=O) groups excluding carboxylic acids is 1. The van der Waals surface area contributed by atoms with Crippen molar-refractivity contribution in [1.82, 2.24) is 0 Å². The van der Waals surface area contributed by atoms with Crippen molar-refractivity contribution in [2.24, 2.45) is 10.4 Å². The minimum Gasteiger partial charge on any atom is -0.454 e. The lowest BCUT2D eigenvalue weighted by atomic mass is 9.78.